The Hall–Kier alpha value is -2.16. The first kappa shape index (κ1) is 8.17. The molecule has 0 aliphatic rings. The Bertz CT molecular complexity index is 584. The molecule has 3 aromatic heterocycles. The summed E-state index contributed by atoms with van der Waals surface area (Å²) in [6.45, 7) is 0. The Kier molecular flexibility index (Phi) is 1.75. The van der Waals surface area contributed by atoms with Crippen molar-refractivity contribution < 1.29 is 0 Å². The van der Waals surface area contributed by atoms with E-state index >= 15 is 0 Å². The molecule has 0 saturated heterocycles. The van der Waals surface area contributed by atoms with Crippen LogP contribution in [0.15, 0.2) is 49.1 Å². The lowest BCUT2D eigenvalue weighted by Gasteiger charge is -2.01. The van der Waals surface area contributed by atoms with Crippen molar-refractivity contribution in [2.75, 3.05) is 0 Å². The third-order valence-corrected chi connectivity index (χ3v) is 2.43. The van der Waals surface area contributed by atoms with Gasteiger partial charge in [-0.05, 0) is 24.3 Å². The van der Waals surface area contributed by atoms with Crippen LogP contribution < -0.4 is 0 Å². The maximum Gasteiger partial charge on any atom is 0.0943 e. The monoisotopic (exact) mass is 195 g/mol. The molecule has 0 amide bonds. The first-order valence-corrected chi connectivity index (χ1v) is 4.77. The standard InChI is InChI=1S/C12H9N3/c1-5-13-6-2-9(1)11-12-10(3-7-14-11)4-8-15-12/h1-8,15H. The van der Waals surface area contributed by atoms with Crippen LogP contribution in [0.5, 0.6) is 0 Å². The molecule has 0 atom stereocenters. The molecule has 0 spiro atoms. The van der Waals surface area contributed by atoms with Crippen molar-refractivity contribution in [2.45, 2.75) is 0 Å². The van der Waals surface area contributed by atoms with Crippen LogP contribution in [0, 0.1) is 0 Å². The third kappa shape index (κ3) is 1.29. The minimum absolute atomic E-state index is 0.972. The molecule has 3 rings (SSSR count). The highest BCUT2D eigenvalue weighted by Gasteiger charge is 2.04. The zero-order chi connectivity index (χ0) is 10.1. The van der Waals surface area contributed by atoms with Gasteiger partial charge >= 0.3 is 0 Å². The highest BCUT2D eigenvalue weighted by Crippen LogP contribution is 2.24. The van der Waals surface area contributed by atoms with E-state index in [4.69, 9.17) is 0 Å². The van der Waals surface area contributed by atoms with Gasteiger partial charge < -0.3 is 4.98 Å². The van der Waals surface area contributed by atoms with E-state index in [2.05, 4.69) is 15.0 Å². The molecule has 0 radical (unpaired) electrons. The van der Waals surface area contributed by atoms with Crippen LogP contribution >= 0.6 is 0 Å². The summed E-state index contributed by atoms with van der Waals surface area (Å²) >= 11 is 0. The van der Waals surface area contributed by atoms with E-state index in [1.807, 2.05) is 36.7 Å². The lowest BCUT2D eigenvalue weighted by molar-refractivity contribution is 1.29. The smallest absolute Gasteiger partial charge is 0.0943 e. The zero-order valence-corrected chi connectivity index (χ0v) is 8.01. The molecule has 3 heteroatoms. The van der Waals surface area contributed by atoms with Gasteiger partial charge in [-0.2, -0.15) is 0 Å². The fraction of sp³-hybridized carbons (Fsp3) is 0. The van der Waals surface area contributed by atoms with E-state index in [1.54, 1.807) is 12.4 Å². The van der Waals surface area contributed by atoms with Crippen molar-refractivity contribution in [3.05, 3.63) is 49.1 Å². The van der Waals surface area contributed by atoms with Crippen molar-refractivity contribution in [2.24, 2.45) is 0 Å². The molecule has 72 valence electrons. The number of aromatic amines is 1. The Labute approximate surface area is 86.8 Å². The molecule has 0 aliphatic heterocycles. The van der Waals surface area contributed by atoms with Gasteiger partial charge in [-0.3, -0.25) is 9.97 Å². The van der Waals surface area contributed by atoms with Crippen molar-refractivity contribution in [1.82, 2.24) is 15.0 Å². The molecule has 0 aromatic carbocycles. The Morgan fingerprint density at radius 2 is 1.80 bits per heavy atom. The molecule has 3 heterocycles. The SMILES string of the molecule is c1cc(-c2nccc3cc[nH]c23)ccn1. The largest absolute Gasteiger partial charge is 0.359 e. The van der Waals surface area contributed by atoms with Crippen LogP contribution in [0.3, 0.4) is 0 Å². The number of rotatable bonds is 1. The minimum atomic E-state index is 0.972. The molecule has 0 aliphatic carbocycles. The number of nitrogens with zero attached hydrogens (tertiary/aromatic N) is 2. The van der Waals surface area contributed by atoms with Gasteiger partial charge in [-0.25, -0.2) is 0 Å². The first-order valence-electron chi connectivity index (χ1n) is 4.77. The molecule has 1 N–H and O–H groups in total. The number of hydrogen-bond acceptors (Lipinski definition) is 2. The van der Waals surface area contributed by atoms with Crippen molar-refractivity contribution in [3.8, 4) is 11.3 Å². The number of aromatic nitrogens is 3. The van der Waals surface area contributed by atoms with Crippen LogP contribution in [0.2, 0.25) is 0 Å². The van der Waals surface area contributed by atoms with Gasteiger partial charge in [0.05, 0.1) is 11.2 Å². The van der Waals surface area contributed by atoms with E-state index in [0.29, 0.717) is 0 Å². The molecule has 0 fully saturated rings. The van der Waals surface area contributed by atoms with Gasteiger partial charge in [0.1, 0.15) is 0 Å². The van der Waals surface area contributed by atoms with E-state index in [9.17, 15) is 0 Å². The van der Waals surface area contributed by atoms with E-state index in [0.717, 1.165) is 16.8 Å². The van der Waals surface area contributed by atoms with Gasteiger partial charge in [0, 0.05) is 35.7 Å². The predicted molar refractivity (Wildman–Crippen MR) is 59.3 cm³/mol. The lowest BCUT2D eigenvalue weighted by Crippen LogP contribution is -1.84. The molecule has 3 aromatic rings. The third-order valence-electron chi connectivity index (χ3n) is 2.43. The highest BCUT2D eigenvalue weighted by molar-refractivity contribution is 5.91. The lowest BCUT2D eigenvalue weighted by atomic mass is 10.1. The second-order valence-electron chi connectivity index (χ2n) is 3.34. The average molecular weight is 195 g/mol. The maximum absolute atomic E-state index is 4.39. The normalized spacial score (nSPS) is 10.7. The first-order chi connectivity index (χ1) is 7.45. The van der Waals surface area contributed by atoms with E-state index in [-0.39, 0.29) is 0 Å². The number of fused-ring (bicyclic) bond motifs is 1. The quantitative estimate of drug-likeness (QED) is 0.648. The maximum atomic E-state index is 4.39. The van der Waals surface area contributed by atoms with E-state index in [1.165, 1.54) is 5.39 Å². The Balaban J connectivity index is 2.31. The van der Waals surface area contributed by atoms with Crippen LogP contribution in [-0.2, 0) is 0 Å². The van der Waals surface area contributed by atoms with Crippen molar-refractivity contribution in [1.29, 1.82) is 0 Å². The summed E-state index contributed by atoms with van der Waals surface area (Å²) < 4.78 is 0. The second-order valence-corrected chi connectivity index (χ2v) is 3.34. The van der Waals surface area contributed by atoms with Gasteiger partial charge in [0.2, 0.25) is 0 Å². The fourth-order valence-electron chi connectivity index (χ4n) is 1.71. The van der Waals surface area contributed by atoms with Crippen molar-refractivity contribution in [3.63, 3.8) is 0 Å². The average Bonchev–Trinajstić information content (AvgIpc) is 2.78. The predicted octanol–water partition coefficient (Wildman–Crippen LogP) is 2.62. The number of hydrogen-bond donors (Lipinski definition) is 1. The highest BCUT2D eigenvalue weighted by atomic mass is 14.8. The molecule has 0 bridgehead atoms. The van der Waals surface area contributed by atoms with Crippen LogP contribution in [0.1, 0.15) is 0 Å². The van der Waals surface area contributed by atoms with Gasteiger partial charge in [0.15, 0.2) is 0 Å². The van der Waals surface area contributed by atoms with Crippen molar-refractivity contribution >= 4 is 10.9 Å². The second kappa shape index (κ2) is 3.20. The summed E-state index contributed by atoms with van der Waals surface area (Å²) in [6.07, 6.45) is 7.31. The molecule has 15 heavy (non-hydrogen) atoms. The molecular weight excluding hydrogens is 186 g/mol. The molecular formula is C12H9N3. The van der Waals surface area contributed by atoms with Crippen LogP contribution in [-0.4, -0.2) is 15.0 Å². The molecule has 0 saturated carbocycles. The minimum Gasteiger partial charge on any atom is -0.359 e. The van der Waals surface area contributed by atoms with Gasteiger partial charge in [0.25, 0.3) is 0 Å². The summed E-state index contributed by atoms with van der Waals surface area (Å²) in [5.41, 5.74) is 3.13. The summed E-state index contributed by atoms with van der Waals surface area (Å²) in [4.78, 5) is 11.6. The zero-order valence-electron chi connectivity index (χ0n) is 8.01. The number of pyridine rings is 2. The van der Waals surface area contributed by atoms with E-state index < -0.39 is 0 Å². The van der Waals surface area contributed by atoms with Crippen LogP contribution in [0.4, 0.5) is 0 Å². The number of nitrogens with one attached hydrogen (secondary N) is 1. The van der Waals surface area contributed by atoms with Gasteiger partial charge in [-0.1, -0.05) is 0 Å². The summed E-state index contributed by atoms with van der Waals surface area (Å²) in [7, 11) is 0. The number of H-pyrrole nitrogens is 1. The Morgan fingerprint density at radius 1 is 0.933 bits per heavy atom. The summed E-state index contributed by atoms with van der Waals surface area (Å²) in [5.74, 6) is 0. The summed E-state index contributed by atoms with van der Waals surface area (Å²) in [6, 6.07) is 7.96. The molecule has 0 unspecified atom stereocenters. The van der Waals surface area contributed by atoms with Gasteiger partial charge in [-0.15, -0.1) is 0 Å². The fourth-order valence-corrected chi connectivity index (χ4v) is 1.71. The van der Waals surface area contributed by atoms with Crippen LogP contribution in [0.25, 0.3) is 22.2 Å². The molecule has 3 nitrogen and oxygen atoms in total. The Morgan fingerprint density at radius 3 is 2.67 bits per heavy atom. The summed E-state index contributed by atoms with van der Waals surface area (Å²) in [5, 5.41) is 1.18. The topological polar surface area (TPSA) is 41.6 Å².